The first-order valence-corrected chi connectivity index (χ1v) is 13.3. The summed E-state index contributed by atoms with van der Waals surface area (Å²) in [4.78, 5) is 49.5. The Balaban J connectivity index is 2.15. The summed E-state index contributed by atoms with van der Waals surface area (Å²) in [5, 5.41) is 4.64. The fourth-order valence-electron chi connectivity index (χ4n) is 3.06. The second-order valence-electron chi connectivity index (χ2n) is 7.44. The Morgan fingerprint density at radius 1 is 0.971 bits per heavy atom. The molecule has 0 saturated heterocycles. The lowest BCUT2D eigenvalue weighted by Crippen LogP contribution is -2.32. The molecule has 3 amide bonds. The summed E-state index contributed by atoms with van der Waals surface area (Å²) in [5.41, 5.74) is 1.08. The third-order valence-electron chi connectivity index (χ3n) is 4.78. The number of ether oxygens (including phenoxy) is 2. The Bertz CT molecular complexity index is 1200. The molecule has 0 unspecified atom stereocenters. The van der Waals surface area contributed by atoms with Crippen molar-refractivity contribution in [3.8, 4) is 0 Å². The van der Waals surface area contributed by atoms with Gasteiger partial charge in [-0.25, -0.2) is 18.0 Å². The van der Waals surface area contributed by atoms with Crippen molar-refractivity contribution in [3.05, 3.63) is 45.8 Å². The number of thiophene rings is 1. The number of carbonyl (C=O) groups excluding carboxylic acids is 4. The number of aryl methyl sites for hydroxylation is 1. The average Bonchev–Trinajstić information content (AvgIpc) is 3.10. The highest BCUT2D eigenvalue weighted by molar-refractivity contribution is 7.91. The first-order valence-electron chi connectivity index (χ1n) is 10.9. The van der Waals surface area contributed by atoms with E-state index in [1.165, 1.54) is 19.1 Å². The molecule has 1 aromatic heterocycles. The zero-order valence-corrected chi connectivity index (χ0v) is 21.6. The molecule has 1 heterocycles. The van der Waals surface area contributed by atoms with Crippen molar-refractivity contribution in [3.63, 3.8) is 0 Å². The second kappa shape index (κ2) is 12.5. The van der Waals surface area contributed by atoms with Gasteiger partial charge in [-0.1, -0.05) is 17.7 Å². The molecule has 0 spiro atoms. The minimum Gasteiger partial charge on any atom is -0.462 e. The third kappa shape index (κ3) is 7.62. The predicted octanol–water partition coefficient (Wildman–Crippen LogP) is 3.62. The minimum absolute atomic E-state index is 0.0405. The van der Waals surface area contributed by atoms with Crippen LogP contribution in [0.2, 0.25) is 0 Å². The van der Waals surface area contributed by atoms with Gasteiger partial charge in [-0.2, -0.15) is 0 Å². The molecule has 10 nitrogen and oxygen atoms in total. The maximum absolute atomic E-state index is 12.7. The number of alkyl carbamates (subject to hydrolysis) is 1. The van der Waals surface area contributed by atoms with Crippen molar-refractivity contribution in [1.29, 1.82) is 0 Å². The van der Waals surface area contributed by atoms with E-state index in [1.54, 1.807) is 26.0 Å². The number of anilines is 1. The van der Waals surface area contributed by atoms with Gasteiger partial charge in [-0.3, -0.25) is 14.9 Å². The van der Waals surface area contributed by atoms with Gasteiger partial charge in [0.2, 0.25) is 5.91 Å². The number of hydrogen-bond donors (Lipinski definition) is 2. The zero-order chi connectivity index (χ0) is 26.2. The standard InChI is InChI=1S/C23H28N2O8S2/c1-5-32-22(28)19-15(4)18(20(27)25-23(29)33-6-2)21(34-19)24-17(26)8-7-13-35(30,31)16-11-9-14(3)10-12-16/h9-12H,5-8,13H2,1-4H3,(H,24,26)(H,25,27,29). The molecule has 1 aromatic carbocycles. The molecular weight excluding hydrogens is 496 g/mol. The molecule has 0 saturated carbocycles. The summed E-state index contributed by atoms with van der Waals surface area (Å²) in [6.07, 6.45) is -1.07. The molecule has 35 heavy (non-hydrogen) atoms. The molecular formula is C23H28N2O8S2. The largest absolute Gasteiger partial charge is 0.462 e. The number of benzene rings is 1. The molecule has 2 N–H and O–H groups in total. The van der Waals surface area contributed by atoms with E-state index in [9.17, 15) is 27.6 Å². The van der Waals surface area contributed by atoms with E-state index in [0.717, 1.165) is 16.9 Å². The van der Waals surface area contributed by atoms with Crippen molar-refractivity contribution < 1.29 is 37.1 Å². The zero-order valence-electron chi connectivity index (χ0n) is 19.9. The van der Waals surface area contributed by atoms with Gasteiger partial charge in [0.15, 0.2) is 9.84 Å². The Morgan fingerprint density at radius 2 is 1.60 bits per heavy atom. The fourth-order valence-corrected chi connectivity index (χ4v) is 5.49. The minimum atomic E-state index is -3.56. The number of amides is 3. The van der Waals surface area contributed by atoms with Crippen molar-refractivity contribution >= 4 is 50.1 Å². The van der Waals surface area contributed by atoms with Gasteiger partial charge in [-0.05, 0) is 51.8 Å². The highest BCUT2D eigenvalue weighted by Gasteiger charge is 2.27. The SMILES string of the molecule is CCOC(=O)NC(=O)c1c(NC(=O)CCCS(=O)(=O)c2ccc(C)cc2)sc(C(=O)OCC)c1C. The molecule has 190 valence electrons. The summed E-state index contributed by atoms with van der Waals surface area (Å²) >= 11 is 0.831. The van der Waals surface area contributed by atoms with E-state index in [4.69, 9.17) is 9.47 Å². The van der Waals surface area contributed by atoms with E-state index in [1.807, 2.05) is 12.2 Å². The maximum Gasteiger partial charge on any atom is 0.414 e. The molecule has 0 radical (unpaired) electrons. The van der Waals surface area contributed by atoms with Crippen LogP contribution in [-0.4, -0.2) is 51.3 Å². The Hall–Kier alpha value is -3.25. The van der Waals surface area contributed by atoms with Gasteiger partial charge in [0, 0.05) is 6.42 Å². The lowest BCUT2D eigenvalue weighted by atomic mass is 10.1. The van der Waals surface area contributed by atoms with Crippen molar-refractivity contribution in [1.82, 2.24) is 5.32 Å². The van der Waals surface area contributed by atoms with Crippen LogP contribution < -0.4 is 10.6 Å². The van der Waals surface area contributed by atoms with Crippen molar-refractivity contribution in [2.45, 2.75) is 45.4 Å². The van der Waals surface area contributed by atoms with Crippen LogP contribution in [0.15, 0.2) is 29.2 Å². The number of imide groups is 1. The number of carbonyl (C=O) groups is 4. The predicted molar refractivity (Wildman–Crippen MR) is 131 cm³/mol. The summed E-state index contributed by atoms with van der Waals surface area (Å²) in [7, 11) is -3.56. The molecule has 2 rings (SSSR count). The number of nitrogens with one attached hydrogen (secondary N) is 2. The first kappa shape index (κ1) is 28.0. The monoisotopic (exact) mass is 524 g/mol. The van der Waals surface area contributed by atoms with E-state index in [2.05, 4.69) is 5.32 Å². The van der Waals surface area contributed by atoms with E-state index in [0.29, 0.717) is 0 Å². The van der Waals surface area contributed by atoms with Gasteiger partial charge in [0.05, 0.1) is 29.4 Å². The summed E-state index contributed by atoms with van der Waals surface area (Å²) < 4.78 is 34.7. The Labute approximate surface area is 207 Å². The average molecular weight is 525 g/mol. The fraction of sp³-hybridized carbons (Fsp3) is 0.391. The number of sulfone groups is 1. The summed E-state index contributed by atoms with van der Waals surface area (Å²) in [5.74, 6) is -2.32. The van der Waals surface area contributed by atoms with Crippen LogP contribution in [0.1, 0.15) is 57.8 Å². The smallest absolute Gasteiger partial charge is 0.414 e. The molecule has 0 aliphatic heterocycles. The van der Waals surface area contributed by atoms with E-state index in [-0.39, 0.29) is 57.7 Å². The first-order chi connectivity index (χ1) is 16.5. The van der Waals surface area contributed by atoms with Gasteiger partial charge >= 0.3 is 12.1 Å². The highest BCUT2D eigenvalue weighted by atomic mass is 32.2. The second-order valence-corrected chi connectivity index (χ2v) is 10.6. The van der Waals surface area contributed by atoms with Crippen LogP contribution in [0.5, 0.6) is 0 Å². The van der Waals surface area contributed by atoms with Gasteiger partial charge in [-0.15, -0.1) is 11.3 Å². The van der Waals surface area contributed by atoms with Crippen LogP contribution >= 0.6 is 11.3 Å². The van der Waals surface area contributed by atoms with Crippen LogP contribution in [-0.2, 0) is 24.1 Å². The molecule has 12 heteroatoms. The maximum atomic E-state index is 12.7. The Kier molecular flexibility index (Phi) is 9.96. The highest BCUT2D eigenvalue weighted by Crippen LogP contribution is 2.34. The van der Waals surface area contributed by atoms with Crippen LogP contribution in [0.3, 0.4) is 0 Å². The third-order valence-corrected chi connectivity index (χ3v) is 7.78. The quantitative estimate of drug-likeness (QED) is 0.448. The molecule has 0 fully saturated rings. The van der Waals surface area contributed by atoms with Crippen molar-refractivity contribution in [2.75, 3.05) is 24.3 Å². The van der Waals surface area contributed by atoms with Crippen LogP contribution in [0, 0.1) is 13.8 Å². The molecule has 2 aromatic rings. The van der Waals surface area contributed by atoms with Gasteiger partial charge < -0.3 is 14.8 Å². The lowest BCUT2D eigenvalue weighted by Gasteiger charge is -2.08. The molecule has 0 atom stereocenters. The lowest BCUT2D eigenvalue weighted by molar-refractivity contribution is -0.116. The molecule has 0 aliphatic rings. The van der Waals surface area contributed by atoms with Crippen LogP contribution in [0.25, 0.3) is 0 Å². The van der Waals surface area contributed by atoms with E-state index < -0.39 is 33.7 Å². The summed E-state index contributed by atoms with van der Waals surface area (Å²) in [6.45, 7) is 6.70. The van der Waals surface area contributed by atoms with Gasteiger partial charge in [0.1, 0.15) is 9.88 Å². The topological polar surface area (TPSA) is 145 Å². The number of rotatable bonds is 10. The number of esters is 1. The van der Waals surface area contributed by atoms with Gasteiger partial charge in [0.25, 0.3) is 5.91 Å². The normalized spacial score (nSPS) is 11.0. The van der Waals surface area contributed by atoms with Crippen molar-refractivity contribution in [2.24, 2.45) is 0 Å². The molecule has 0 aliphatic carbocycles. The molecule has 0 bridgehead atoms. The summed E-state index contributed by atoms with van der Waals surface area (Å²) in [6, 6.07) is 6.43. The number of hydrogen-bond acceptors (Lipinski definition) is 9. The van der Waals surface area contributed by atoms with Crippen LogP contribution in [0.4, 0.5) is 9.80 Å². The Morgan fingerprint density at radius 3 is 2.20 bits per heavy atom. The van der Waals surface area contributed by atoms with E-state index >= 15 is 0 Å².